The lowest BCUT2D eigenvalue weighted by Crippen LogP contribution is -2.26. The van der Waals surface area contributed by atoms with E-state index in [1.54, 1.807) is 0 Å². The standard InChI is InChI=1S/C12H17NO2/c1-7(2)11-13-10-8(14)5-12(3,4)6-9(10)15-11/h7H,5-6H2,1-4H3. The second-order valence-electron chi connectivity index (χ2n) is 5.42. The summed E-state index contributed by atoms with van der Waals surface area (Å²) in [5.41, 5.74) is 0.579. The molecule has 1 aromatic heterocycles. The number of carbonyl (C=O) groups is 1. The van der Waals surface area contributed by atoms with E-state index >= 15 is 0 Å². The molecule has 2 rings (SSSR count). The fourth-order valence-corrected chi connectivity index (χ4v) is 1.97. The Balaban J connectivity index is 2.43. The fourth-order valence-electron chi connectivity index (χ4n) is 1.97. The molecule has 0 fully saturated rings. The van der Waals surface area contributed by atoms with E-state index < -0.39 is 0 Å². The molecule has 0 bridgehead atoms. The molecule has 3 nitrogen and oxygen atoms in total. The summed E-state index contributed by atoms with van der Waals surface area (Å²) >= 11 is 0. The van der Waals surface area contributed by atoms with Crippen LogP contribution in [0, 0.1) is 5.41 Å². The molecule has 0 saturated carbocycles. The monoisotopic (exact) mass is 207 g/mol. The van der Waals surface area contributed by atoms with Crippen molar-refractivity contribution >= 4 is 5.78 Å². The van der Waals surface area contributed by atoms with Crippen LogP contribution in [0.2, 0.25) is 0 Å². The van der Waals surface area contributed by atoms with Crippen molar-refractivity contribution in [2.45, 2.75) is 46.5 Å². The van der Waals surface area contributed by atoms with Gasteiger partial charge in [0.1, 0.15) is 11.5 Å². The second kappa shape index (κ2) is 3.19. The van der Waals surface area contributed by atoms with E-state index in [0.717, 1.165) is 12.2 Å². The Bertz CT molecular complexity index is 402. The molecule has 1 heterocycles. The summed E-state index contributed by atoms with van der Waals surface area (Å²) in [6.07, 6.45) is 1.39. The van der Waals surface area contributed by atoms with Crippen molar-refractivity contribution < 1.29 is 9.21 Å². The van der Waals surface area contributed by atoms with E-state index in [1.807, 2.05) is 13.8 Å². The van der Waals surface area contributed by atoms with Gasteiger partial charge in [0.25, 0.3) is 0 Å². The van der Waals surface area contributed by atoms with Gasteiger partial charge < -0.3 is 4.42 Å². The average Bonchev–Trinajstić information content (AvgIpc) is 2.45. The highest BCUT2D eigenvalue weighted by molar-refractivity contribution is 5.96. The number of hydrogen-bond acceptors (Lipinski definition) is 3. The van der Waals surface area contributed by atoms with Crippen LogP contribution in [0.1, 0.15) is 62.2 Å². The molecule has 1 aliphatic rings. The lowest BCUT2D eigenvalue weighted by Gasteiger charge is -2.26. The fraction of sp³-hybridized carbons (Fsp3) is 0.667. The Morgan fingerprint density at radius 1 is 1.33 bits per heavy atom. The zero-order chi connectivity index (χ0) is 11.2. The van der Waals surface area contributed by atoms with Gasteiger partial charge in [0.15, 0.2) is 11.7 Å². The van der Waals surface area contributed by atoms with Gasteiger partial charge in [0.2, 0.25) is 0 Å². The first-order chi connectivity index (χ1) is 6.89. The number of rotatable bonds is 1. The predicted molar refractivity (Wildman–Crippen MR) is 57.0 cm³/mol. The van der Waals surface area contributed by atoms with Crippen LogP contribution in [0.3, 0.4) is 0 Å². The van der Waals surface area contributed by atoms with Gasteiger partial charge in [0.05, 0.1) is 0 Å². The minimum atomic E-state index is 0.0118. The molecule has 0 amide bonds. The maximum Gasteiger partial charge on any atom is 0.197 e. The highest BCUT2D eigenvalue weighted by atomic mass is 16.4. The predicted octanol–water partition coefficient (Wildman–Crippen LogP) is 2.95. The SMILES string of the molecule is CC(C)c1nc2c(o1)CC(C)(C)CC2=O. The van der Waals surface area contributed by atoms with E-state index in [-0.39, 0.29) is 17.1 Å². The average molecular weight is 207 g/mol. The van der Waals surface area contributed by atoms with E-state index in [4.69, 9.17) is 4.42 Å². The van der Waals surface area contributed by atoms with Gasteiger partial charge in [-0.25, -0.2) is 4.98 Å². The van der Waals surface area contributed by atoms with Crippen LogP contribution >= 0.6 is 0 Å². The first kappa shape index (κ1) is 10.4. The minimum Gasteiger partial charge on any atom is -0.445 e. The molecule has 3 heteroatoms. The molecule has 15 heavy (non-hydrogen) atoms. The number of oxazole rings is 1. The minimum absolute atomic E-state index is 0.0118. The van der Waals surface area contributed by atoms with Crippen molar-refractivity contribution in [2.24, 2.45) is 5.41 Å². The van der Waals surface area contributed by atoms with Gasteiger partial charge in [-0.05, 0) is 5.41 Å². The van der Waals surface area contributed by atoms with Crippen molar-refractivity contribution in [3.8, 4) is 0 Å². The molecule has 0 unspecified atom stereocenters. The van der Waals surface area contributed by atoms with Crippen molar-refractivity contribution in [2.75, 3.05) is 0 Å². The van der Waals surface area contributed by atoms with Gasteiger partial charge >= 0.3 is 0 Å². The van der Waals surface area contributed by atoms with E-state index in [0.29, 0.717) is 18.0 Å². The number of nitrogens with zero attached hydrogens (tertiary/aromatic N) is 1. The first-order valence-electron chi connectivity index (χ1n) is 5.42. The lowest BCUT2D eigenvalue weighted by molar-refractivity contribution is 0.0899. The van der Waals surface area contributed by atoms with E-state index in [2.05, 4.69) is 18.8 Å². The Morgan fingerprint density at radius 2 is 2.00 bits per heavy atom. The van der Waals surface area contributed by atoms with Gasteiger partial charge in [0, 0.05) is 18.8 Å². The van der Waals surface area contributed by atoms with Crippen molar-refractivity contribution in [3.63, 3.8) is 0 Å². The first-order valence-corrected chi connectivity index (χ1v) is 5.42. The molecule has 0 aromatic carbocycles. The quantitative estimate of drug-likeness (QED) is 0.711. The second-order valence-corrected chi connectivity index (χ2v) is 5.42. The number of aromatic nitrogens is 1. The third-order valence-corrected chi connectivity index (χ3v) is 2.75. The summed E-state index contributed by atoms with van der Waals surface area (Å²) < 4.78 is 5.64. The summed E-state index contributed by atoms with van der Waals surface area (Å²) in [6, 6.07) is 0. The number of ketones is 1. The molecule has 82 valence electrons. The van der Waals surface area contributed by atoms with Crippen LogP contribution in [-0.2, 0) is 6.42 Å². The number of Topliss-reactive ketones (excluding diaryl/α,β-unsaturated/α-hetero) is 1. The van der Waals surface area contributed by atoms with Crippen molar-refractivity contribution in [3.05, 3.63) is 17.3 Å². The molecule has 0 aliphatic heterocycles. The topological polar surface area (TPSA) is 43.1 Å². The molecule has 0 spiro atoms. The third kappa shape index (κ3) is 1.83. The van der Waals surface area contributed by atoms with Crippen molar-refractivity contribution in [1.82, 2.24) is 4.98 Å². The van der Waals surface area contributed by atoms with Crippen LogP contribution in [-0.4, -0.2) is 10.8 Å². The van der Waals surface area contributed by atoms with Gasteiger partial charge in [-0.3, -0.25) is 4.79 Å². The van der Waals surface area contributed by atoms with Gasteiger partial charge in [-0.2, -0.15) is 0 Å². The zero-order valence-electron chi connectivity index (χ0n) is 9.76. The van der Waals surface area contributed by atoms with Crippen LogP contribution in [0.15, 0.2) is 4.42 Å². The van der Waals surface area contributed by atoms with Gasteiger partial charge in [-0.1, -0.05) is 27.7 Å². The maximum absolute atomic E-state index is 11.8. The summed E-state index contributed by atoms with van der Waals surface area (Å²) in [5, 5.41) is 0. The molecular weight excluding hydrogens is 190 g/mol. The number of fused-ring (bicyclic) bond motifs is 1. The molecule has 1 aromatic rings. The molecule has 0 saturated heterocycles. The van der Waals surface area contributed by atoms with E-state index in [9.17, 15) is 4.79 Å². The Labute approximate surface area is 89.9 Å². The molecule has 1 aliphatic carbocycles. The zero-order valence-corrected chi connectivity index (χ0v) is 9.76. The molecular formula is C12H17NO2. The number of hydrogen-bond donors (Lipinski definition) is 0. The summed E-state index contributed by atoms with van der Waals surface area (Å²) in [5.74, 6) is 1.83. The van der Waals surface area contributed by atoms with Gasteiger partial charge in [-0.15, -0.1) is 0 Å². The highest BCUT2D eigenvalue weighted by Crippen LogP contribution is 2.35. The maximum atomic E-state index is 11.8. The largest absolute Gasteiger partial charge is 0.445 e. The highest BCUT2D eigenvalue weighted by Gasteiger charge is 2.35. The Kier molecular flexibility index (Phi) is 2.21. The smallest absolute Gasteiger partial charge is 0.197 e. The van der Waals surface area contributed by atoms with E-state index in [1.165, 1.54) is 0 Å². The summed E-state index contributed by atoms with van der Waals surface area (Å²) in [6.45, 7) is 8.22. The lowest BCUT2D eigenvalue weighted by atomic mass is 9.78. The van der Waals surface area contributed by atoms with Crippen LogP contribution in [0.4, 0.5) is 0 Å². The molecule has 0 N–H and O–H groups in total. The molecule has 0 atom stereocenters. The summed E-state index contributed by atoms with van der Waals surface area (Å²) in [4.78, 5) is 16.1. The third-order valence-electron chi connectivity index (χ3n) is 2.75. The molecule has 0 radical (unpaired) electrons. The van der Waals surface area contributed by atoms with Crippen molar-refractivity contribution in [1.29, 1.82) is 0 Å². The Hall–Kier alpha value is -1.12. The number of carbonyl (C=O) groups excluding carboxylic acids is 1. The van der Waals surface area contributed by atoms with Crippen LogP contribution < -0.4 is 0 Å². The summed E-state index contributed by atoms with van der Waals surface area (Å²) in [7, 11) is 0. The Morgan fingerprint density at radius 3 is 2.60 bits per heavy atom. The van der Waals surface area contributed by atoms with Crippen LogP contribution in [0.5, 0.6) is 0 Å². The normalized spacial score (nSPS) is 19.4. The van der Waals surface area contributed by atoms with Crippen LogP contribution in [0.25, 0.3) is 0 Å².